The summed E-state index contributed by atoms with van der Waals surface area (Å²) in [5.74, 6) is -0.242. The van der Waals surface area contributed by atoms with Crippen molar-refractivity contribution in [3.63, 3.8) is 0 Å². The third-order valence-electron chi connectivity index (χ3n) is 3.81. The minimum atomic E-state index is -0.242. The van der Waals surface area contributed by atoms with Crippen molar-refractivity contribution in [2.24, 2.45) is 0 Å². The second kappa shape index (κ2) is 6.96. The van der Waals surface area contributed by atoms with Gasteiger partial charge in [0.15, 0.2) is 0 Å². The van der Waals surface area contributed by atoms with Gasteiger partial charge in [-0.15, -0.1) is 0 Å². The van der Waals surface area contributed by atoms with Crippen molar-refractivity contribution in [3.05, 3.63) is 29.8 Å². The summed E-state index contributed by atoms with van der Waals surface area (Å²) in [7, 11) is 0. The summed E-state index contributed by atoms with van der Waals surface area (Å²) in [6, 6.07) is 1.72. The van der Waals surface area contributed by atoms with Crippen molar-refractivity contribution < 1.29 is 4.39 Å². The molecule has 4 heteroatoms. The van der Waals surface area contributed by atoms with Crippen LogP contribution in [0.3, 0.4) is 0 Å². The number of nitrogens with zero attached hydrogens (tertiary/aromatic N) is 2. The van der Waals surface area contributed by atoms with Crippen LogP contribution in [-0.4, -0.2) is 35.1 Å². The molecular formula is C15H26FN3. The molecule has 1 heterocycles. The lowest BCUT2D eigenvalue weighted by atomic mass is 9.86. The summed E-state index contributed by atoms with van der Waals surface area (Å²) in [6.45, 7) is 13.3. The van der Waals surface area contributed by atoms with E-state index in [1.54, 1.807) is 12.3 Å². The van der Waals surface area contributed by atoms with E-state index in [2.05, 4.69) is 42.9 Å². The van der Waals surface area contributed by atoms with Crippen molar-refractivity contribution >= 4 is 0 Å². The predicted octanol–water partition coefficient (Wildman–Crippen LogP) is 2.99. The molecule has 0 radical (unpaired) electrons. The summed E-state index contributed by atoms with van der Waals surface area (Å²) < 4.78 is 14.0. The zero-order valence-corrected chi connectivity index (χ0v) is 12.7. The van der Waals surface area contributed by atoms with Crippen LogP contribution in [0.5, 0.6) is 0 Å². The summed E-state index contributed by atoms with van der Waals surface area (Å²) in [4.78, 5) is 6.19. The topological polar surface area (TPSA) is 28.2 Å². The quantitative estimate of drug-likeness (QED) is 0.823. The predicted molar refractivity (Wildman–Crippen MR) is 77.6 cm³/mol. The maximum atomic E-state index is 14.0. The number of rotatable bonds is 7. The number of pyridine rings is 1. The molecule has 0 amide bonds. The second-order valence-electron chi connectivity index (χ2n) is 5.21. The molecule has 0 aliphatic heterocycles. The van der Waals surface area contributed by atoms with Crippen LogP contribution in [0.15, 0.2) is 18.5 Å². The third kappa shape index (κ3) is 3.51. The van der Waals surface area contributed by atoms with Gasteiger partial charge in [-0.05, 0) is 39.5 Å². The van der Waals surface area contributed by atoms with Crippen LogP contribution in [0.1, 0.15) is 46.2 Å². The van der Waals surface area contributed by atoms with Crippen molar-refractivity contribution in [3.8, 4) is 0 Å². The summed E-state index contributed by atoms with van der Waals surface area (Å²) in [5.41, 5.74) is 0.524. The zero-order valence-electron chi connectivity index (χ0n) is 12.7. The molecule has 3 nitrogen and oxygen atoms in total. The Labute approximate surface area is 116 Å². The van der Waals surface area contributed by atoms with Crippen molar-refractivity contribution in [1.82, 2.24) is 15.2 Å². The Morgan fingerprint density at radius 3 is 2.42 bits per heavy atom. The van der Waals surface area contributed by atoms with Crippen LogP contribution < -0.4 is 5.32 Å². The smallest absolute Gasteiger partial charge is 0.146 e. The van der Waals surface area contributed by atoms with Crippen molar-refractivity contribution in [2.45, 2.75) is 46.2 Å². The van der Waals surface area contributed by atoms with E-state index in [0.717, 1.165) is 19.6 Å². The van der Waals surface area contributed by atoms with Crippen LogP contribution in [-0.2, 0) is 0 Å². The van der Waals surface area contributed by atoms with Gasteiger partial charge in [-0.2, -0.15) is 0 Å². The zero-order chi connectivity index (χ0) is 14.5. The first-order valence-corrected chi connectivity index (χ1v) is 7.06. The Morgan fingerprint density at radius 2 is 1.95 bits per heavy atom. The van der Waals surface area contributed by atoms with Gasteiger partial charge >= 0.3 is 0 Å². The maximum absolute atomic E-state index is 14.0. The third-order valence-corrected chi connectivity index (χ3v) is 3.81. The Bertz CT molecular complexity index is 389. The van der Waals surface area contributed by atoms with E-state index >= 15 is 0 Å². The molecule has 1 atom stereocenters. The monoisotopic (exact) mass is 267 g/mol. The molecule has 0 aliphatic carbocycles. The first-order chi connectivity index (χ1) is 8.98. The number of nitrogens with one attached hydrogen (secondary N) is 1. The molecule has 0 saturated carbocycles. The van der Waals surface area contributed by atoms with Crippen molar-refractivity contribution in [2.75, 3.05) is 19.6 Å². The highest BCUT2D eigenvalue weighted by Gasteiger charge is 2.35. The Morgan fingerprint density at radius 1 is 1.32 bits per heavy atom. The summed E-state index contributed by atoms with van der Waals surface area (Å²) in [6.07, 6.45) is 2.94. The number of likely N-dealkylation sites (N-methyl/N-ethyl adjacent to an activating group) is 2. The Hall–Kier alpha value is -1.00. The summed E-state index contributed by atoms with van der Waals surface area (Å²) >= 11 is 0. The van der Waals surface area contributed by atoms with Gasteiger partial charge in [0.05, 0.1) is 12.2 Å². The number of halogens is 1. The fraction of sp³-hybridized carbons (Fsp3) is 0.667. The minimum absolute atomic E-state index is 0.0552. The highest BCUT2D eigenvalue weighted by Crippen LogP contribution is 2.32. The molecule has 1 aromatic rings. The number of hydrogen-bond donors (Lipinski definition) is 1. The standard InChI is InChI=1S/C15H26FN3/c1-6-18-14(12-9-10-17-11-13(12)16)15(4,5)19(7-2)8-3/h9-11,14,18H,6-8H2,1-5H3. The van der Waals surface area contributed by atoms with E-state index in [0.29, 0.717) is 5.56 Å². The number of hydrogen-bond acceptors (Lipinski definition) is 3. The number of aromatic nitrogens is 1. The molecule has 0 aliphatic rings. The molecule has 1 aromatic heterocycles. The second-order valence-corrected chi connectivity index (χ2v) is 5.21. The van der Waals surface area contributed by atoms with E-state index in [1.165, 1.54) is 6.20 Å². The molecule has 108 valence electrons. The molecule has 0 fully saturated rings. The van der Waals surface area contributed by atoms with Gasteiger partial charge in [0, 0.05) is 17.3 Å². The molecular weight excluding hydrogens is 241 g/mol. The van der Waals surface area contributed by atoms with Gasteiger partial charge in [-0.25, -0.2) is 4.39 Å². The molecule has 1 unspecified atom stereocenters. The van der Waals surface area contributed by atoms with E-state index in [9.17, 15) is 4.39 Å². The van der Waals surface area contributed by atoms with Gasteiger partial charge in [-0.1, -0.05) is 20.8 Å². The molecule has 0 aromatic carbocycles. The van der Waals surface area contributed by atoms with Crippen molar-refractivity contribution in [1.29, 1.82) is 0 Å². The highest BCUT2D eigenvalue weighted by atomic mass is 19.1. The average molecular weight is 267 g/mol. The van der Waals surface area contributed by atoms with Gasteiger partial charge in [0.2, 0.25) is 0 Å². The van der Waals surface area contributed by atoms with Crippen LogP contribution in [0, 0.1) is 5.82 Å². The lowest BCUT2D eigenvalue weighted by Gasteiger charge is -2.44. The summed E-state index contributed by atoms with van der Waals surface area (Å²) in [5, 5.41) is 3.42. The van der Waals surface area contributed by atoms with E-state index in [1.807, 2.05) is 6.92 Å². The van der Waals surface area contributed by atoms with Gasteiger partial charge in [0.1, 0.15) is 5.82 Å². The molecule has 0 saturated heterocycles. The van der Waals surface area contributed by atoms with E-state index in [4.69, 9.17) is 0 Å². The first kappa shape index (κ1) is 16.1. The SMILES string of the molecule is CCNC(c1ccncc1F)C(C)(C)N(CC)CC. The molecule has 19 heavy (non-hydrogen) atoms. The molecule has 1 rings (SSSR count). The maximum Gasteiger partial charge on any atom is 0.146 e. The molecule has 0 spiro atoms. The fourth-order valence-electron chi connectivity index (χ4n) is 2.79. The molecule has 1 N–H and O–H groups in total. The van der Waals surface area contributed by atoms with Crippen LogP contribution in [0.4, 0.5) is 4.39 Å². The molecule has 0 bridgehead atoms. The van der Waals surface area contributed by atoms with Crippen LogP contribution in [0.2, 0.25) is 0 Å². The first-order valence-electron chi connectivity index (χ1n) is 7.06. The van der Waals surface area contributed by atoms with Crippen LogP contribution >= 0.6 is 0 Å². The Kier molecular flexibility index (Phi) is 5.88. The normalized spacial score (nSPS) is 13.8. The van der Waals surface area contributed by atoms with Gasteiger partial charge in [0.25, 0.3) is 0 Å². The van der Waals surface area contributed by atoms with Crippen LogP contribution in [0.25, 0.3) is 0 Å². The van der Waals surface area contributed by atoms with Gasteiger partial charge < -0.3 is 5.32 Å². The highest BCUT2D eigenvalue weighted by molar-refractivity contribution is 5.21. The van der Waals surface area contributed by atoms with E-state index in [-0.39, 0.29) is 17.4 Å². The largest absolute Gasteiger partial charge is 0.309 e. The van der Waals surface area contributed by atoms with E-state index < -0.39 is 0 Å². The lowest BCUT2D eigenvalue weighted by molar-refractivity contribution is 0.0903. The lowest BCUT2D eigenvalue weighted by Crippen LogP contribution is -2.52. The minimum Gasteiger partial charge on any atom is -0.309 e. The Balaban J connectivity index is 3.16. The average Bonchev–Trinajstić information content (AvgIpc) is 2.38. The van der Waals surface area contributed by atoms with Gasteiger partial charge in [-0.3, -0.25) is 9.88 Å². The fourth-order valence-corrected chi connectivity index (χ4v) is 2.79.